The fourth-order valence-electron chi connectivity index (χ4n) is 4.45. The van der Waals surface area contributed by atoms with E-state index in [1.54, 1.807) is 61.7 Å². The van der Waals surface area contributed by atoms with E-state index in [-0.39, 0.29) is 17.3 Å². The number of aryl methyl sites for hydroxylation is 1. The van der Waals surface area contributed by atoms with Crippen LogP contribution in [0.1, 0.15) is 45.2 Å². The molecule has 0 spiro atoms. The zero-order valence-corrected chi connectivity index (χ0v) is 26.2. The zero-order chi connectivity index (χ0) is 31.1. The van der Waals surface area contributed by atoms with Crippen LogP contribution in [0.25, 0.3) is 0 Å². The number of methoxy groups -OCH3 is 2. The minimum atomic E-state index is -4.18. The van der Waals surface area contributed by atoms with Gasteiger partial charge in [0.1, 0.15) is 24.1 Å². The Balaban J connectivity index is 2.08. The number of carbonyl (C=O) groups excluding carboxylic acids is 2. The quantitative estimate of drug-likeness (QED) is 0.318. The van der Waals surface area contributed by atoms with Gasteiger partial charge in [-0.25, -0.2) is 8.42 Å². The second kappa shape index (κ2) is 13.7. The van der Waals surface area contributed by atoms with Crippen molar-refractivity contribution >= 4 is 27.5 Å². The number of anilines is 1. The van der Waals surface area contributed by atoms with Gasteiger partial charge in [0.25, 0.3) is 10.0 Å². The van der Waals surface area contributed by atoms with Crippen LogP contribution >= 0.6 is 0 Å². The van der Waals surface area contributed by atoms with Crippen molar-refractivity contribution in [1.82, 2.24) is 10.2 Å². The Labute approximate surface area is 249 Å². The van der Waals surface area contributed by atoms with Crippen LogP contribution < -0.4 is 19.1 Å². The average Bonchev–Trinajstić information content (AvgIpc) is 2.95. The first-order valence-corrected chi connectivity index (χ1v) is 15.2. The maximum absolute atomic E-state index is 14.2. The van der Waals surface area contributed by atoms with Crippen LogP contribution in [0.4, 0.5) is 5.69 Å². The van der Waals surface area contributed by atoms with Crippen LogP contribution in [0.3, 0.4) is 0 Å². The van der Waals surface area contributed by atoms with Gasteiger partial charge in [-0.1, -0.05) is 36.8 Å². The molecule has 0 aromatic heterocycles. The van der Waals surface area contributed by atoms with Crippen LogP contribution in [0.5, 0.6) is 11.5 Å². The van der Waals surface area contributed by atoms with E-state index in [0.29, 0.717) is 23.6 Å². The van der Waals surface area contributed by atoms with Gasteiger partial charge in [-0.05, 0) is 88.2 Å². The van der Waals surface area contributed by atoms with Crippen molar-refractivity contribution < 1.29 is 27.5 Å². The summed E-state index contributed by atoms with van der Waals surface area (Å²) in [6.45, 7) is 8.89. The number of hydrogen-bond acceptors (Lipinski definition) is 6. The predicted octanol–water partition coefficient (Wildman–Crippen LogP) is 4.93. The van der Waals surface area contributed by atoms with Gasteiger partial charge in [-0.3, -0.25) is 13.9 Å². The third kappa shape index (κ3) is 8.25. The van der Waals surface area contributed by atoms with Crippen LogP contribution in [0.15, 0.2) is 77.7 Å². The Morgan fingerprint density at radius 3 is 2.07 bits per heavy atom. The lowest BCUT2D eigenvalue weighted by molar-refractivity contribution is -0.141. The molecule has 2 amide bonds. The third-order valence-corrected chi connectivity index (χ3v) is 8.41. The number of carbonyl (C=O) groups is 2. The van der Waals surface area contributed by atoms with Gasteiger partial charge in [0.05, 0.1) is 24.8 Å². The van der Waals surface area contributed by atoms with E-state index >= 15 is 0 Å². The molecule has 3 aromatic carbocycles. The van der Waals surface area contributed by atoms with Crippen LogP contribution in [-0.4, -0.2) is 57.5 Å². The molecule has 3 aromatic rings. The Kier molecular flexibility index (Phi) is 10.6. The first-order valence-electron chi connectivity index (χ1n) is 13.8. The lowest BCUT2D eigenvalue weighted by Crippen LogP contribution is -2.55. The summed E-state index contributed by atoms with van der Waals surface area (Å²) < 4.78 is 39.6. The maximum Gasteiger partial charge on any atom is 0.264 e. The molecule has 0 aliphatic rings. The molecule has 0 aliphatic heterocycles. The lowest BCUT2D eigenvalue weighted by Gasteiger charge is -2.34. The van der Waals surface area contributed by atoms with Crippen LogP contribution in [0, 0.1) is 6.92 Å². The van der Waals surface area contributed by atoms with Crippen molar-refractivity contribution in [2.24, 2.45) is 0 Å². The second-order valence-corrected chi connectivity index (χ2v) is 12.9. The monoisotopic (exact) mass is 595 g/mol. The van der Waals surface area contributed by atoms with Gasteiger partial charge >= 0.3 is 0 Å². The number of sulfonamides is 1. The van der Waals surface area contributed by atoms with Crippen molar-refractivity contribution in [1.29, 1.82) is 0 Å². The number of nitrogens with zero attached hydrogens (tertiary/aromatic N) is 2. The molecule has 0 unspecified atom stereocenters. The summed E-state index contributed by atoms with van der Waals surface area (Å²) in [5.41, 5.74) is 1.49. The van der Waals surface area contributed by atoms with Gasteiger partial charge in [-0.15, -0.1) is 0 Å². The summed E-state index contributed by atoms with van der Waals surface area (Å²) >= 11 is 0. The van der Waals surface area contributed by atoms with Gasteiger partial charge in [0, 0.05) is 12.1 Å². The van der Waals surface area contributed by atoms with E-state index in [4.69, 9.17) is 9.47 Å². The second-order valence-electron chi connectivity index (χ2n) is 11.1. The van der Waals surface area contributed by atoms with E-state index < -0.39 is 34.1 Å². The molecule has 0 bridgehead atoms. The minimum Gasteiger partial charge on any atom is -0.497 e. The summed E-state index contributed by atoms with van der Waals surface area (Å²) in [4.78, 5) is 29.1. The summed E-state index contributed by atoms with van der Waals surface area (Å²) in [6.07, 6.45) is 0.327. The summed E-state index contributed by atoms with van der Waals surface area (Å²) in [7, 11) is -1.13. The first-order chi connectivity index (χ1) is 19.8. The van der Waals surface area contributed by atoms with Crippen molar-refractivity contribution in [3.05, 3.63) is 83.9 Å². The number of rotatable bonds is 12. The van der Waals surface area contributed by atoms with Crippen molar-refractivity contribution in [3.8, 4) is 11.5 Å². The summed E-state index contributed by atoms with van der Waals surface area (Å²) in [5, 5.41) is 2.97. The largest absolute Gasteiger partial charge is 0.497 e. The molecule has 42 heavy (non-hydrogen) atoms. The Bertz CT molecular complexity index is 1470. The third-order valence-electron chi connectivity index (χ3n) is 6.62. The Hall–Kier alpha value is -4.05. The molecule has 0 saturated heterocycles. The fraction of sp³-hybridized carbons (Fsp3) is 0.375. The number of hydrogen-bond donors (Lipinski definition) is 1. The zero-order valence-electron chi connectivity index (χ0n) is 25.4. The summed E-state index contributed by atoms with van der Waals surface area (Å²) in [6, 6.07) is 19.3. The average molecular weight is 596 g/mol. The SMILES string of the molecule is CC[C@H](C(=O)NC(C)(C)C)N(Cc1cccc(OC)c1)C(=O)CN(c1ccc(C)cc1)S(=O)(=O)c1ccc(OC)cc1. The van der Waals surface area contributed by atoms with Gasteiger partial charge in [0.2, 0.25) is 11.8 Å². The number of benzene rings is 3. The molecule has 1 N–H and O–H groups in total. The van der Waals surface area contributed by atoms with Crippen LogP contribution in [0.2, 0.25) is 0 Å². The van der Waals surface area contributed by atoms with E-state index in [0.717, 1.165) is 15.4 Å². The fourth-order valence-corrected chi connectivity index (χ4v) is 5.87. The highest BCUT2D eigenvalue weighted by Gasteiger charge is 2.34. The topological polar surface area (TPSA) is 105 Å². The van der Waals surface area contributed by atoms with Gasteiger partial charge < -0.3 is 19.7 Å². The van der Waals surface area contributed by atoms with E-state index in [9.17, 15) is 18.0 Å². The van der Waals surface area contributed by atoms with Gasteiger partial charge in [-0.2, -0.15) is 0 Å². The van der Waals surface area contributed by atoms with E-state index in [1.807, 2.05) is 40.7 Å². The van der Waals surface area contributed by atoms with Gasteiger partial charge in [0.15, 0.2) is 0 Å². The highest BCUT2D eigenvalue weighted by atomic mass is 32.2. The highest BCUT2D eigenvalue weighted by molar-refractivity contribution is 7.92. The van der Waals surface area contributed by atoms with E-state index in [2.05, 4.69) is 5.32 Å². The molecule has 0 fully saturated rings. The molecule has 3 rings (SSSR count). The van der Waals surface area contributed by atoms with Crippen molar-refractivity contribution in [2.75, 3.05) is 25.1 Å². The Morgan fingerprint density at radius 2 is 1.52 bits per heavy atom. The molecule has 10 heteroatoms. The molecule has 0 saturated carbocycles. The minimum absolute atomic E-state index is 0.00791. The lowest BCUT2D eigenvalue weighted by atomic mass is 10.1. The number of nitrogens with one attached hydrogen (secondary N) is 1. The van der Waals surface area contributed by atoms with Crippen LogP contribution in [-0.2, 0) is 26.2 Å². The first kappa shape index (κ1) is 32.5. The highest BCUT2D eigenvalue weighted by Crippen LogP contribution is 2.27. The standard InChI is InChI=1S/C32H41N3O6S/c1-8-29(31(37)33-32(3,4)5)34(21-24-10-9-11-27(20-24)41-7)30(36)22-35(25-14-12-23(2)13-15-25)42(38,39)28-18-16-26(40-6)17-19-28/h9-20,29H,8,21-22H2,1-7H3,(H,33,37)/t29-/m1/s1. The molecule has 0 aliphatic carbocycles. The molecule has 226 valence electrons. The number of ether oxygens (including phenoxy) is 2. The van der Waals surface area contributed by atoms with Crippen molar-refractivity contribution in [2.45, 2.75) is 64.1 Å². The predicted molar refractivity (Wildman–Crippen MR) is 164 cm³/mol. The summed E-state index contributed by atoms with van der Waals surface area (Å²) in [5.74, 6) is 0.273. The normalized spacial score (nSPS) is 12.3. The molecule has 0 heterocycles. The smallest absolute Gasteiger partial charge is 0.264 e. The molecular weight excluding hydrogens is 554 g/mol. The molecule has 1 atom stereocenters. The molecule has 0 radical (unpaired) electrons. The van der Waals surface area contributed by atoms with E-state index in [1.165, 1.54) is 24.1 Å². The molecular formula is C32H41N3O6S. The number of amides is 2. The van der Waals surface area contributed by atoms with Crippen molar-refractivity contribution in [3.63, 3.8) is 0 Å². The maximum atomic E-state index is 14.2. The molecule has 9 nitrogen and oxygen atoms in total. The Morgan fingerprint density at radius 1 is 0.905 bits per heavy atom.